The fourth-order valence-corrected chi connectivity index (χ4v) is 3.13. The zero-order valence-corrected chi connectivity index (χ0v) is 12.8. The van der Waals surface area contributed by atoms with E-state index < -0.39 is 17.0 Å². The van der Waals surface area contributed by atoms with Crippen molar-refractivity contribution >= 4 is 15.9 Å². The van der Waals surface area contributed by atoms with Crippen LogP contribution >= 0.6 is 15.9 Å². The van der Waals surface area contributed by atoms with E-state index in [9.17, 15) is 19.0 Å². The van der Waals surface area contributed by atoms with E-state index in [0.717, 1.165) is 10.5 Å². The fraction of sp³-hybridized carbons (Fsp3) is 0.250. The largest absolute Gasteiger partial charge is 0.395 e. The van der Waals surface area contributed by atoms with Gasteiger partial charge in [0, 0.05) is 16.0 Å². The Balaban J connectivity index is 2.45. The molecule has 0 aliphatic rings. The molecular formula is C16H15BrF2O2. The van der Waals surface area contributed by atoms with Crippen LogP contribution in [0.1, 0.15) is 11.1 Å². The Labute approximate surface area is 130 Å². The fourth-order valence-electron chi connectivity index (χ4n) is 2.42. The summed E-state index contributed by atoms with van der Waals surface area (Å²) in [6.45, 7) is -0.686. The summed E-state index contributed by atoms with van der Waals surface area (Å²) in [6, 6.07) is 10.4. The van der Waals surface area contributed by atoms with Crippen LogP contribution in [0.15, 0.2) is 46.9 Å². The highest BCUT2D eigenvalue weighted by molar-refractivity contribution is 9.10. The molecule has 0 heterocycles. The number of halogens is 3. The molecule has 5 heteroatoms. The molecule has 0 unspecified atom stereocenters. The number of hydrogen-bond acceptors (Lipinski definition) is 2. The molecule has 0 saturated carbocycles. The summed E-state index contributed by atoms with van der Waals surface area (Å²) in [7, 11) is 0. The normalized spacial score (nSPS) is 11.7. The van der Waals surface area contributed by atoms with E-state index >= 15 is 0 Å². The van der Waals surface area contributed by atoms with Crippen molar-refractivity contribution < 1.29 is 19.0 Å². The maximum atomic E-state index is 13.3. The van der Waals surface area contributed by atoms with Crippen LogP contribution in [0.2, 0.25) is 0 Å². The lowest BCUT2D eigenvalue weighted by Crippen LogP contribution is -2.37. The minimum absolute atomic E-state index is 0.122. The van der Waals surface area contributed by atoms with Crippen LogP contribution in [0.4, 0.5) is 8.78 Å². The maximum absolute atomic E-state index is 13.3. The van der Waals surface area contributed by atoms with E-state index in [-0.39, 0.29) is 19.6 Å². The first-order chi connectivity index (χ1) is 10.0. The zero-order valence-electron chi connectivity index (χ0n) is 11.2. The van der Waals surface area contributed by atoms with Crippen molar-refractivity contribution in [2.75, 3.05) is 13.2 Å². The van der Waals surface area contributed by atoms with Gasteiger partial charge < -0.3 is 10.2 Å². The van der Waals surface area contributed by atoms with Crippen LogP contribution in [0.5, 0.6) is 0 Å². The molecule has 0 amide bonds. The lowest BCUT2D eigenvalue weighted by molar-refractivity contribution is 0.115. The van der Waals surface area contributed by atoms with Crippen LogP contribution in [-0.4, -0.2) is 23.4 Å². The van der Waals surface area contributed by atoms with Gasteiger partial charge in [0.1, 0.15) is 11.6 Å². The van der Waals surface area contributed by atoms with Crippen molar-refractivity contribution in [1.29, 1.82) is 0 Å². The van der Waals surface area contributed by atoms with Crippen LogP contribution in [0.25, 0.3) is 0 Å². The molecule has 2 aromatic carbocycles. The van der Waals surface area contributed by atoms with Gasteiger partial charge in [-0.1, -0.05) is 34.1 Å². The molecule has 0 aliphatic carbocycles. The molecule has 0 radical (unpaired) electrons. The predicted octanol–water partition coefficient (Wildman–Crippen LogP) is 3.19. The zero-order chi connectivity index (χ0) is 15.5. The van der Waals surface area contributed by atoms with E-state index in [4.69, 9.17) is 0 Å². The van der Waals surface area contributed by atoms with E-state index in [2.05, 4.69) is 15.9 Å². The van der Waals surface area contributed by atoms with Gasteiger partial charge in [-0.05, 0) is 35.7 Å². The minimum Gasteiger partial charge on any atom is -0.395 e. The average molecular weight is 357 g/mol. The van der Waals surface area contributed by atoms with Gasteiger partial charge in [-0.3, -0.25) is 0 Å². The van der Waals surface area contributed by atoms with E-state index in [1.165, 1.54) is 12.1 Å². The molecule has 0 spiro atoms. The Hall–Kier alpha value is -1.30. The smallest absolute Gasteiger partial charge is 0.126 e. The number of hydrogen-bond donors (Lipinski definition) is 2. The van der Waals surface area contributed by atoms with Gasteiger partial charge in [-0.2, -0.15) is 0 Å². The third-order valence-electron chi connectivity index (χ3n) is 3.52. The Morgan fingerprint density at radius 1 is 0.952 bits per heavy atom. The highest BCUT2D eigenvalue weighted by Crippen LogP contribution is 2.33. The molecule has 0 aromatic heterocycles. The molecular weight excluding hydrogens is 342 g/mol. The molecule has 0 fully saturated rings. The van der Waals surface area contributed by atoms with Gasteiger partial charge in [0.15, 0.2) is 0 Å². The third-order valence-corrected chi connectivity index (χ3v) is 4.21. The molecule has 0 atom stereocenters. The molecule has 0 bridgehead atoms. The van der Waals surface area contributed by atoms with Crippen molar-refractivity contribution in [1.82, 2.24) is 0 Å². The van der Waals surface area contributed by atoms with Crippen molar-refractivity contribution in [3.63, 3.8) is 0 Å². The molecule has 2 aromatic rings. The van der Waals surface area contributed by atoms with Crippen molar-refractivity contribution in [3.05, 3.63) is 69.7 Å². The first kappa shape index (κ1) is 16.1. The Morgan fingerprint density at radius 2 is 1.52 bits per heavy atom. The highest BCUT2D eigenvalue weighted by Gasteiger charge is 2.33. The summed E-state index contributed by atoms with van der Waals surface area (Å²) in [5.41, 5.74) is 0.0615. The van der Waals surface area contributed by atoms with Gasteiger partial charge in [0.05, 0.1) is 13.2 Å². The summed E-state index contributed by atoms with van der Waals surface area (Å²) < 4.78 is 27.4. The lowest BCUT2D eigenvalue weighted by Gasteiger charge is -2.31. The molecule has 2 N–H and O–H groups in total. The van der Waals surface area contributed by atoms with E-state index in [1.54, 1.807) is 18.2 Å². The first-order valence-corrected chi connectivity index (χ1v) is 7.22. The van der Waals surface area contributed by atoms with Gasteiger partial charge in [-0.25, -0.2) is 8.78 Å². The molecule has 21 heavy (non-hydrogen) atoms. The third kappa shape index (κ3) is 3.48. The predicted molar refractivity (Wildman–Crippen MR) is 80.1 cm³/mol. The second kappa shape index (κ2) is 6.64. The van der Waals surface area contributed by atoms with Crippen molar-refractivity contribution in [2.24, 2.45) is 0 Å². The SMILES string of the molecule is OCC(CO)(Cc1cc(F)cc(F)c1)c1ccccc1Br. The number of rotatable bonds is 5. The molecule has 0 saturated heterocycles. The number of aliphatic hydroxyl groups excluding tert-OH is 2. The summed E-state index contributed by atoms with van der Waals surface area (Å²) >= 11 is 3.39. The number of benzene rings is 2. The topological polar surface area (TPSA) is 40.5 Å². The van der Waals surface area contributed by atoms with Crippen LogP contribution in [0, 0.1) is 11.6 Å². The second-order valence-corrected chi connectivity index (χ2v) is 5.89. The summed E-state index contributed by atoms with van der Waals surface area (Å²) in [5.74, 6) is -1.36. The first-order valence-electron chi connectivity index (χ1n) is 6.42. The highest BCUT2D eigenvalue weighted by atomic mass is 79.9. The second-order valence-electron chi connectivity index (χ2n) is 5.03. The van der Waals surface area contributed by atoms with Crippen molar-refractivity contribution in [2.45, 2.75) is 11.8 Å². The Morgan fingerprint density at radius 3 is 2.05 bits per heavy atom. The van der Waals surface area contributed by atoms with Crippen LogP contribution in [-0.2, 0) is 11.8 Å². The molecule has 0 aliphatic heterocycles. The van der Waals surface area contributed by atoms with Gasteiger partial charge in [0.25, 0.3) is 0 Å². The molecule has 2 nitrogen and oxygen atoms in total. The Bertz CT molecular complexity index is 607. The standard InChI is InChI=1S/C16H15BrF2O2/c17-15-4-2-1-3-14(15)16(9-20,10-21)8-11-5-12(18)7-13(19)6-11/h1-7,20-21H,8-10H2. The maximum Gasteiger partial charge on any atom is 0.126 e. The minimum atomic E-state index is -1.01. The summed E-state index contributed by atoms with van der Waals surface area (Å²) in [4.78, 5) is 0. The van der Waals surface area contributed by atoms with E-state index in [0.29, 0.717) is 11.1 Å². The monoisotopic (exact) mass is 356 g/mol. The summed E-state index contributed by atoms with van der Waals surface area (Å²) in [6.07, 6.45) is 0.122. The van der Waals surface area contributed by atoms with Crippen LogP contribution in [0.3, 0.4) is 0 Å². The van der Waals surface area contributed by atoms with Crippen LogP contribution < -0.4 is 0 Å². The van der Waals surface area contributed by atoms with Gasteiger partial charge >= 0.3 is 0 Å². The van der Waals surface area contributed by atoms with Gasteiger partial charge in [0.2, 0.25) is 0 Å². The lowest BCUT2D eigenvalue weighted by atomic mass is 9.77. The van der Waals surface area contributed by atoms with Gasteiger partial charge in [-0.15, -0.1) is 0 Å². The summed E-state index contributed by atoms with van der Waals surface area (Å²) in [5, 5.41) is 19.6. The average Bonchev–Trinajstić information content (AvgIpc) is 2.44. The molecule has 2 rings (SSSR count). The number of aliphatic hydroxyl groups is 2. The van der Waals surface area contributed by atoms with E-state index in [1.807, 2.05) is 6.07 Å². The Kier molecular flexibility index (Phi) is 5.08. The van der Waals surface area contributed by atoms with Crippen molar-refractivity contribution in [3.8, 4) is 0 Å². The molecule has 112 valence electrons. The quantitative estimate of drug-likeness (QED) is 0.863.